The van der Waals surface area contributed by atoms with Gasteiger partial charge in [-0.05, 0) is 67.5 Å². The lowest BCUT2D eigenvalue weighted by Gasteiger charge is -2.15. The summed E-state index contributed by atoms with van der Waals surface area (Å²) in [4.78, 5) is 13.4. The normalized spacial score (nSPS) is 10.9. The molecule has 0 saturated carbocycles. The smallest absolute Gasteiger partial charge is 0.167 e. The number of hydrogen-bond donors (Lipinski definition) is 0. The van der Waals surface area contributed by atoms with Crippen molar-refractivity contribution in [2.75, 3.05) is 19.8 Å². The molecule has 0 fully saturated rings. The lowest BCUT2D eigenvalue weighted by molar-refractivity contribution is 0.0978. The van der Waals surface area contributed by atoms with Gasteiger partial charge in [0.1, 0.15) is 17.2 Å². The molecule has 36 heavy (non-hydrogen) atoms. The van der Waals surface area contributed by atoms with Gasteiger partial charge in [-0.1, -0.05) is 78.4 Å². The van der Waals surface area contributed by atoms with E-state index in [0.717, 1.165) is 68.4 Å². The molecule has 200 valence electrons. The van der Waals surface area contributed by atoms with Gasteiger partial charge in [0.25, 0.3) is 0 Å². The van der Waals surface area contributed by atoms with Crippen LogP contribution in [0.4, 0.5) is 0 Å². The fraction of sp³-hybridized carbons (Fsp3) is 0.594. The van der Waals surface area contributed by atoms with Crippen LogP contribution in [0, 0.1) is 0 Å². The van der Waals surface area contributed by atoms with Crippen LogP contribution in [0.5, 0.6) is 17.2 Å². The highest BCUT2D eigenvalue weighted by Gasteiger charge is 2.16. The third-order valence-electron chi connectivity index (χ3n) is 6.43. The first-order valence-corrected chi connectivity index (χ1v) is 14.3. The van der Waals surface area contributed by atoms with Crippen LogP contribution in [0.3, 0.4) is 0 Å². The van der Waals surface area contributed by atoms with Crippen molar-refractivity contribution in [3.05, 3.63) is 53.1 Å². The van der Waals surface area contributed by atoms with E-state index in [1.54, 1.807) is 0 Å². The fourth-order valence-electron chi connectivity index (χ4n) is 4.12. The quantitative estimate of drug-likeness (QED) is 0.136. The van der Waals surface area contributed by atoms with Gasteiger partial charge < -0.3 is 14.2 Å². The lowest BCUT2D eigenvalue weighted by Crippen LogP contribution is -2.08. The molecule has 0 N–H and O–H groups in total. The molecule has 4 nitrogen and oxygen atoms in total. The number of rotatable bonds is 20. The van der Waals surface area contributed by atoms with Crippen LogP contribution in [0.2, 0.25) is 0 Å². The van der Waals surface area contributed by atoms with Gasteiger partial charge in [0.2, 0.25) is 0 Å². The summed E-state index contributed by atoms with van der Waals surface area (Å²) in [6, 6.07) is 12.1. The van der Waals surface area contributed by atoms with Gasteiger partial charge in [0.05, 0.1) is 25.4 Å². The molecule has 0 aliphatic carbocycles. The van der Waals surface area contributed by atoms with E-state index in [1.165, 1.54) is 18.4 Å². The van der Waals surface area contributed by atoms with Gasteiger partial charge >= 0.3 is 0 Å². The minimum Gasteiger partial charge on any atom is -0.494 e. The third kappa shape index (κ3) is 10.6. The molecule has 0 radical (unpaired) electrons. The van der Waals surface area contributed by atoms with Crippen LogP contribution in [0.25, 0.3) is 0 Å². The van der Waals surface area contributed by atoms with Crippen LogP contribution in [0.15, 0.2) is 36.4 Å². The Bertz CT molecular complexity index is 890. The monoisotopic (exact) mass is 496 g/mol. The summed E-state index contributed by atoms with van der Waals surface area (Å²) in [6.07, 6.45) is 12.0. The van der Waals surface area contributed by atoms with E-state index in [9.17, 15) is 4.79 Å². The molecule has 4 heteroatoms. The zero-order chi connectivity index (χ0) is 26.0. The van der Waals surface area contributed by atoms with Crippen molar-refractivity contribution in [2.24, 2.45) is 0 Å². The molecule has 0 aromatic heterocycles. The predicted octanol–water partition coefficient (Wildman–Crippen LogP) is 8.77. The molecule has 0 spiro atoms. The number of hydrogen-bond acceptors (Lipinski definition) is 4. The van der Waals surface area contributed by atoms with Crippen LogP contribution in [-0.2, 0) is 12.8 Å². The van der Waals surface area contributed by atoms with Gasteiger partial charge in [0, 0.05) is 6.42 Å². The zero-order valence-corrected chi connectivity index (χ0v) is 23.2. The summed E-state index contributed by atoms with van der Waals surface area (Å²) in [6.45, 7) is 10.7. The Morgan fingerprint density at radius 2 is 1.25 bits per heavy atom. The molecule has 0 heterocycles. The maximum absolute atomic E-state index is 13.4. The van der Waals surface area contributed by atoms with Gasteiger partial charge in [-0.2, -0.15) is 0 Å². The maximum atomic E-state index is 13.4. The van der Waals surface area contributed by atoms with Crippen molar-refractivity contribution in [1.82, 2.24) is 0 Å². The first kappa shape index (κ1) is 29.7. The molecule has 0 amide bonds. The molecule has 0 saturated heterocycles. The number of carbonyl (C=O) groups excluding carboxylic acids is 1. The van der Waals surface area contributed by atoms with Crippen LogP contribution >= 0.6 is 0 Å². The molecule has 0 aliphatic rings. The van der Waals surface area contributed by atoms with E-state index >= 15 is 0 Å². The summed E-state index contributed by atoms with van der Waals surface area (Å²) >= 11 is 0. The molecule has 2 aromatic carbocycles. The molecular weight excluding hydrogens is 448 g/mol. The maximum Gasteiger partial charge on any atom is 0.167 e. The van der Waals surface area contributed by atoms with Crippen molar-refractivity contribution in [3.8, 4) is 17.2 Å². The van der Waals surface area contributed by atoms with Gasteiger partial charge in [-0.3, -0.25) is 4.79 Å². The van der Waals surface area contributed by atoms with Crippen molar-refractivity contribution in [2.45, 2.75) is 105 Å². The number of ether oxygens (including phenoxy) is 3. The zero-order valence-electron chi connectivity index (χ0n) is 23.2. The minimum atomic E-state index is 0.0818. The summed E-state index contributed by atoms with van der Waals surface area (Å²) in [7, 11) is 0. The van der Waals surface area contributed by atoms with Gasteiger partial charge in [-0.25, -0.2) is 0 Å². The van der Waals surface area contributed by atoms with E-state index in [1.807, 2.05) is 18.2 Å². The first-order valence-electron chi connectivity index (χ1n) is 14.3. The Morgan fingerprint density at radius 1 is 0.667 bits per heavy atom. The molecular formula is C32H48O4. The van der Waals surface area contributed by atoms with Crippen molar-refractivity contribution >= 4 is 5.78 Å². The molecule has 0 aliphatic heterocycles. The number of aryl methyl sites for hydroxylation is 2. The van der Waals surface area contributed by atoms with E-state index in [0.29, 0.717) is 44.0 Å². The number of carbonyl (C=O) groups is 1. The Kier molecular flexibility index (Phi) is 14.8. The molecule has 0 unspecified atom stereocenters. The number of Topliss-reactive ketones (excluding diaryl/α,β-unsaturated/α-hetero) is 1. The fourth-order valence-corrected chi connectivity index (χ4v) is 4.12. The van der Waals surface area contributed by atoms with E-state index < -0.39 is 0 Å². The number of unbranched alkanes of at least 4 members (excludes halogenated alkanes) is 6. The Balaban J connectivity index is 2.13. The molecule has 2 rings (SSSR count). The average Bonchev–Trinajstić information content (AvgIpc) is 2.91. The summed E-state index contributed by atoms with van der Waals surface area (Å²) in [5.74, 6) is 2.39. The van der Waals surface area contributed by atoms with Crippen LogP contribution in [0.1, 0.15) is 113 Å². The highest BCUT2D eigenvalue weighted by molar-refractivity contribution is 5.99. The largest absolute Gasteiger partial charge is 0.494 e. The van der Waals surface area contributed by atoms with Crippen molar-refractivity contribution in [3.63, 3.8) is 0 Å². The minimum absolute atomic E-state index is 0.0818. The van der Waals surface area contributed by atoms with Crippen molar-refractivity contribution in [1.29, 1.82) is 0 Å². The molecule has 0 atom stereocenters. The third-order valence-corrected chi connectivity index (χ3v) is 6.43. The molecule has 2 aromatic rings. The summed E-state index contributed by atoms with van der Waals surface area (Å²) in [5, 5.41) is 0. The molecule has 0 bridgehead atoms. The SMILES string of the molecule is CCCCCOc1ccc(OCCCCC)c(C(=O)CCc2cc(CC)ccc2OCCCCC)c1. The highest BCUT2D eigenvalue weighted by Crippen LogP contribution is 2.28. The standard InChI is InChI=1S/C32H48O4/c1-5-9-12-21-34-28-17-20-32(36-23-14-11-7-3)29(25-28)30(33)18-16-27-24-26(8-4)15-19-31(27)35-22-13-10-6-2/h15,17,19-20,24-25H,5-14,16,18,21-23H2,1-4H3. The number of benzene rings is 2. The predicted molar refractivity (Wildman–Crippen MR) is 150 cm³/mol. The second kappa shape index (κ2) is 17.9. The average molecular weight is 497 g/mol. The van der Waals surface area contributed by atoms with Gasteiger partial charge in [0.15, 0.2) is 5.78 Å². The first-order chi connectivity index (χ1) is 17.6. The van der Waals surface area contributed by atoms with Crippen LogP contribution < -0.4 is 14.2 Å². The second-order valence-corrected chi connectivity index (χ2v) is 9.54. The lowest BCUT2D eigenvalue weighted by atomic mass is 9.99. The van der Waals surface area contributed by atoms with E-state index in [-0.39, 0.29) is 5.78 Å². The van der Waals surface area contributed by atoms with Crippen LogP contribution in [-0.4, -0.2) is 25.6 Å². The Morgan fingerprint density at radius 3 is 1.86 bits per heavy atom. The van der Waals surface area contributed by atoms with E-state index in [4.69, 9.17) is 14.2 Å². The highest BCUT2D eigenvalue weighted by atomic mass is 16.5. The Hall–Kier alpha value is -2.49. The number of ketones is 1. The van der Waals surface area contributed by atoms with Crippen molar-refractivity contribution < 1.29 is 19.0 Å². The summed E-state index contributed by atoms with van der Waals surface area (Å²) in [5.41, 5.74) is 2.99. The second-order valence-electron chi connectivity index (χ2n) is 9.54. The summed E-state index contributed by atoms with van der Waals surface area (Å²) < 4.78 is 18.1. The topological polar surface area (TPSA) is 44.8 Å². The van der Waals surface area contributed by atoms with E-state index in [2.05, 4.69) is 45.9 Å². The van der Waals surface area contributed by atoms with Gasteiger partial charge in [-0.15, -0.1) is 0 Å². The Labute approximate surface area is 219 Å².